The monoisotopic (exact) mass is 296 g/mol. The van der Waals surface area contributed by atoms with Crippen LogP contribution in [-0.2, 0) is 0 Å². The number of hydrazone groups is 1. The van der Waals surface area contributed by atoms with Gasteiger partial charge in [-0.1, -0.05) is 12.1 Å². The highest BCUT2D eigenvalue weighted by Gasteiger charge is 2.11. The molecule has 0 saturated carbocycles. The Labute approximate surface area is 131 Å². The molecule has 0 aromatic heterocycles. The van der Waals surface area contributed by atoms with Gasteiger partial charge in [-0.2, -0.15) is 10.1 Å². The zero-order valence-electron chi connectivity index (χ0n) is 13.6. The van der Waals surface area contributed by atoms with Crippen LogP contribution in [0, 0.1) is 0 Å². The molecule has 0 fully saturated rings. The fraction of sp³-hybridized carbons (Fsp3) is 0.235. The molecule has 0 atom stereocenters. The van der Waals surface area contributed by atoms with E-state index in [2.05, 4.69) is 21.8 Å². The van der Waals surface area contributed by atoms with Crippen LogP contribution >= 0.6 is 0 Å². The molecule has 2 aromatic rings. The lowest BCUT2D eigenvalue weighted by Crippen LogP contribution is -2.26. The van der Waals surface area contributed by atoms with Gasteiger partial charge in [0.2, 0.25) is 0 Å². The van der Waals surface area contributed by atoms with E-state index in [-0.39, 0.29) is 0 Å². The zero-order valence-corrected chi connectivity index (χ0v) is 13.6. The third-order valence-corrected chi connectivity index (χ3v) is 3.38. The number of nitrogens with zero attached hydrogens (tertiary/aromatic N) is 5. The first-order valence-corrected chi connectivity index (χ1v) is 7.05. The lowest BCUT2D eigenvalue weighted by Gasteiger charge is -2.13. The summed E-state index contributed by atoms with van der Waals surface area (Å²) in [5, 5.41) is 10.6. The van der Waals surface area contributed by atoms with Gasteiger partial charge in [-0.05, 0) is 36.4 Å². The second-order valence-corrected chi connectivity index (χ2v) is 5.28. The number of hydrogen-bond acceptors (Lipinski definition) is 4. The number of anilines is 2. The van der Waals surface area contributed by atoms with E-state index in [1.807, 2.05) is 81.7 Å². The molecule has 0 radical (unpaired) electrons. The fourth-order valence-corrected chi connectivity index (χ4v) is 1.94. The molecule has 0 amide bonds. The predicted molar refractivity (Wildman–Crippen MR) is 93.1 cm³/mol. The van der Waals surface area contributed by atoms with Gasteiger partial charge in [-0.15, -0.1) is 9.80 Å². The van der Waals surface area contributed by atoms with E-state index in [9.17, 15) is 0 Å². The lowest BCUT2D eigenvalue weighted by atomic mass is 10.2. The quantitative estimate of drug-likeness (QED) is 0.363. The normalized spacial score (nSPS) is 10.7. The Morgan fingerprint density at radius 2 is 1.55 bits per heavy atom. The third-order valence-electron chi connectivity index (χ3n) is 3.38. The van der Waals surface area contributed by atoms with Crippen molar-refractivity contribution < 1.29 is 4.68 Å². The van der Waals surface area contributed by atoms with Crippen molar-refractivity contribution in [2.24, 2.45) is 10.2 Å². The van der Waals surface area contributed by atoms with E-state index in [0.717, 1.165) is 22.7 Å². The summed E-state index contributed by atoms with van der Waals surface area (Å²) in [7, 11) is 7.84. The van der Waals surface area contributed by atoms with Crippen LogP contribution in [0.2, 0.25) is 0 Å². The van der Waals surface area contributed by atoms with E-state index in [4.69, 9.17) is 0 Å². The molecule has 5 heteroatoms. The largest absolute Gasteiger partial charge is 0.378 e. The molecule has 0 aliphatic rings. The zero-order chi connectivity index (χ0) is 16.1. The van der Waals surface area contributed by atoms with Crippen LogP contribution in [0.3, 0.4) is 0 Å². The van der Waals surface area contributed by atoms with E-state index in [1.165, 1.54) is 0 Å². The van der Waals surface area contributed by atoms with Crippen LogP contribution < -0.4 is 9.91 Å². The summed E-state index contributed by atoms with van der Waals surface area (Å²) < 4.78 is 1.75. The molecule has 0 heterocycles. The van der Waals surface area contributed by atoms with Gasteiger partial charge < -0.3 is 4.90 Å². The summed E-state index contributed by atoms with van der Waals surface area (Å²) in [5.74, 6) is 0. The van der Waals surface area contributed by atoms with Gasteiger partial charge in [-0.25, -0.2) is 0 Å². The molecule has 114 valence electrons. The van der Waals surface area contributed by atoms with Crippen molar-refractivity contribution in [1.29, 1.82) is 0 Å². The van der Waals surface area contributed by atoms with Crippen molar-refractivity contribution >= 4 is 29.5 Å². The van der Waals surface area contributed by atoms with Crippen LogP contribution in [0.1, 0.15) is 0 Å². The van der Waals surface area contributed by atoms with Crippen molar-refractivity contribution in [3.8, 4) is 0 Å². The van der Waals surface area contributed by atoms with Gasteiger partial charge >= 0.3 is 0 Å². The van der Waals surface area contributed by atoms with E-state index in [0.29, 0.717) is 0 Å². The molecule has 0 aliphatic heterocycles. The standard InChI is InChI=1S/C17H22N5/c1-20(2)15-12-10-14(11-13-15)18-19-16-8-6-7-9-17(16)22(5)21(3)4/h6-13H,3H2,1-2,4-5H3/q+1. The molecule has 2 aromatic carbocycles. The minimum atomic E-state index is 0.803. The molecular formula is C17H22N5+. The van der Waals surface area contributed by atoms with Gasteiger partial charge in [0.15, 0.2) is 13.8 Å². The minimum Gasteiger partial charge on any atom is -0.378 e. The van der Waals surface area contributed by atoms with Gasteiger partial charge in [-0.3, -0.25) is 0 Å². The molecular weight excluding hydrogens is 274 g/mol. The lowest BCUT2D eigenvalue weighted by molar-refractivity contribution is -0.498. The van der Waals surface area contributed by atoms with Gasteiger partial charge in [0.05, 0.1) is 12.7 Å². The predicted octanol–water partition coefficient (Wildman–Crippen LogP) is 3.86. The van der Waals surface area contributed by atoms with Crippen molar-refractivity contribution in [3.05, 3.63) is 48.5 Å². The maximum atomic E-state index is 4.37. The first-order valence-electron chi connectivity index (χ1n) is 7.05. The van der Waals surface area contributed by atoms with Gasteiger partial charge in [0.1, 0.15) is 11.4 Å². The summed E-state index contributed by atoms with van der Waals surface area (Å²) >= 11 is 0. The molecule has 5 nitrogen and oxygen atoms in total. The van der Waals surface area contributed by atoms with Gasteiger partial charge in [0, 0.05) is 19.8 Å². The van der Waals surface area contributed by atoms with Crippen molar-refractivity contribution in [1.82, 2.24) is 0 Å². The van der Waals surface area contributed by atoms with E-state index >= 15 is 0 Å². The number of para-hydroxylation sites is 1. The highest BCUT2D eigenvalue weighted by molar-refractivity contribution is 5.65. The Hall–Kier alpha value is -2.69. The van der Waals surface area contributed by atoms with Crippen LogP contribution in [0.4, 0.5) is 22.7 Å². The van der Waals surface area contributed by atoms with Crippen LogP contribution in [-0.4, -0.2) is 39.6 Å². The number of benzene rings is 2. The highest BCUT2D eigenvalue weighted by atomic mass is 15.5. The Balaban J connectivity index is 2.25. The van der Waals surface area contributed by atoms with Crippen LogP contribution in [0.15, 0.2) is 58.8 Å². The smallest absolute Gasteiger partial charge is 0.161 e. The number of rotatable bonds is 5. The Morgan fingerprint density at radius 3 is 2.14 bits per heavy atom. The number of hydrazine groups is 1. The maximum Gasteiger partial charge on any atom is 0.161 e. The minimum absolute atomic E-state index is 0.803. The molecule has 22 heavy (non-hydrogen) atoms. The maximum absolute atomic E-state index is 4.37. The molecule has 0 saturated heterocycles. The summed E-state index contributed by atoms with van der Waals surface area (Å²) in [6.45, 7) is 3.88. The summed E-state index contributed by atoms with van der Waals surface area (Å²) in [6, 6.07) is 15.8. The van der Waals surface area contributed by atoms with Crippen molar-refractivity contribution in [2.75, 3.05) is 38.1 Å². The van der Waals surface area contributed by atoms with Gasteiger partial charge in [0.25, 0.3) is 0 Å². The second kappa shape index (κ2) is 6.85. The molecule has 0 unspecified atom stereocenters. The molecule has 0 N–H and O–H groups in total. The highest BCUT2D eigenvalue weighted by Crippen LogP contribution is 2.29. The topological polar surface area (TPSA) is 34.2 Å². The van der Waals surface area contributed by atoms with Crippen molar-refractivity contribution in [3.63, 3.8) is 0 Å². The molecule has 2 rings (SSSR count). The molecule has 0 bridgehead atoms. The Kier molecular flexibility index (Phi) is 4.88. The second-order valence-electron chi connectivity index (χ2n) is 5.28. The third kappa shape index (κ3) is 3.69. The summed E-state index contributed by atoms with van der Waals surface area (Å²) in [4.78, 5) is 2.05. The summed E-state index contributed by atoms with van der Waals surface area (Å²) in [6.07, 6.45) is 0. The Bertz CT molecular complexity index is 674. The Morgan fingerprint density at radius 1 is 0.909 bits per heavy atom. The number of hydrogen-bond donors (Lipinski definition) is 0. The first-order chi connectivity index (χ1) is 10.5. The van der Waals surface area contributed by atoms with Crippen LogP contribution in [0.25, 0.3) is 0 Å². The average Bonchev–Trinajstić information content (AvgIpc) is 2.52. The first kappa shape index (κ1) is 15.7. The van der Waals surface area contributed by atoms with Crippen LogP contribution in [0.5, 0.6) is 0 Å². The SMILES string of the molecule is C=[N+](C)N(C)c1ccccc1N=Nc1ccc(N(C)C)cc1. The summed E-state index contributed by atoms with van der Waals surface area (Å²) in [5.41, 5.74) is 3.72. The van der Waals surface area contributed by atoms with Crippen molar-refractivity contribution in [2.45, 2.75) is 0 Å². The fourth-order valence-electron chi connectivity index (χ4n) is 1.94. The average molecular weight is 296 g/mol. The molecule has 0 spiro atoms. The van der Waals surface area contributed by atoms with E-state index in [1.54, 1.807) is 4.68 Å². The molecule has 0 aliphatic carbocycles. The number of azo groups is 1. The van der Waals surface area contributed by atoms with E-state index < -0.39 is 0 Å².